The zero-order chi connectivity index (χ0) is 9.78. The van der Waals surface area contributed by atoms with Crippen molar-refractivity contribution in [2.75, 3.05) is 0 Å². The Morgan fingerprint density at radius 1 is 1.25 bits per heavy atom. The summed E-state index contributed by atoms with van der Waals surface area (Å²) in [6, 6.07) is 0. The third kappa shape index (κ3) is 5.52. The summed E-state index contributed by atoms with van der Waals surface area (Å²) in [5.41, 5.74) is 0. The Morgan fingerprint density at radius 2 is 1.75 bits per heavy atom. The van der Waals surface area contributed by atoms with Gasteiger partial charge in [0.1, 0.15) is 0 Å². The molecule has 0 radical (unpaired) electrons. The number of hydrogen-bond acceptors (Lipinski definition) is 3. The van der Waals surface area contributed by atoms with Crippen molar-refractivity contribution < 1.29 is 14.9 Å². The minimum Gasteiger partial charge on any atom is -0.343 e. The molecule has 0 spiro atoms. The molecule has 0 bridgehead atoms. The van der Waals surface area contributed by atoms with Crippen LogP contribution < -0.4 is 0 Å². The predicted molar refractivity (Wildman–Crippen MR) is 47.5 cm³/mol. The van der Waals surface area contributed by atoms with Crippen molar-refractivity contribution in [3.63, 3.8) is 0 Å². The van der Waals surface area contributed by atoms with Gasteiger partial charge in [-0.1, -0.05) is 20.8 Å². The molecule has 3 nitrogen and oxygen atoms in total. The SMILES string of the molecule is CCC(O)(O)OC(C)CC(C)C. The van der Waals surface area contributed by atoms with Crippen LogP contribution in [0.2, 0.25) is 0 Å². The Kier molecular flexibility index (Phi) is 4.75. The zero-order valence-electron chi connectivity index (χ0n) is 8.37. The summed E-state index contributed by atoms with van der Waals surface area (Å²) in [5.74, 6) is -1.44. The van der Waals surface area contributed by atoms with Crippen LogP contribution in [0.4, 0.5) is 0 Å². The van der Waals surface area contributed by atoms with E-state index in [9.17, 15) is 0 Å². The van der Waals surface area contributed by atoms with E-state index >= 15 is 0 Å². The Labute approximate surface area is 74.4 Å². The Balaban J connectivity index is 3.75. The molecule has 0 heterocycles. The van der Waals surface area contributed by atoms with Crippen LogP contribution in [0.5, 0.6) is 0 Å². The smallest absolute Gasteiger partial charge is 0.277 e. The summed E-state index contributed by atoms with van der Waals surface area (Å²) in [7, 11) is 0. The molecule has 3 heteroatoms. The molecular formula is C9H20O3. The second-order valence-electron chi connectivity index (χ2n) is 3.65. The lowest BCUT2D eigenvalue weighted by atomic mass is 10.1. The van der Waals surface area contributed by atoms with Crippen molar-refractivity contribution in [2.45, 2.75) is 52.6 Å². The Bertz CT molecular complexity index is 121. The number of ether oxygens (including phenoxy) is 1. The molecule has 0 rings (SSSR count). The van der Waals surface area contributed by atoms with E-state index in [0.29, 0.717) is 5.92 Å². The van der Waals surface area contributed by atoms with Crippen LogP contribution in [0.3, 0.4) is 0 Å². The fraction of sp³-hybridized carbons (Fsp3) is 1.00. The molecule has 0 saturated heterocycles. The Morgan fingerprint density at radius 3 is 2.08 bits per heavy atom. The van der Waals surface area contributed by atoms with E-state index in [0.717, 1.165) is 6.42 Å². The first kappa shape index (κ1) is 11.9. The van der Waals surface area contributed by atoms with Crippen LogP contribution in [0.1, 0.15) is 40.5 Å². The van der Waals surface area contributed by atoms with Gasteiger partial charge in [0, 0.05) is 6.42 Å². The monoisotopic (exact) mass is 176 g/mol. The highest BCUT2D eigenvalue weighted by atomic mass is 16.8. The van der Waals surface area contributed by atoms with Crippen molar-refractivity contribution in [1.29, 1.82) is 0 Å². The summed E-state index contributed by atoms with van der Waals surface area (Å²) in [4.78, 5) is 0. The van der Waals surface area contributed by atoms with Gasteiger partial charge in [-0.25, -0.2) is 0 Å². The molecule has 1 unspecified atom stereocenters. The van der Waals surface area contributed by atoms with E-state index in [-0.39, 0.29) is 12.5 Å². The van der Waals surface area contributed by atoms with Crippen molar-refractivity contribution in [1.82, 2.24) is 0 Å². The van der Waals surface area contributed by atoms with Crippen molar-refractivity contribution in [2.24, 2.45) is 5.92 Å². The van der Waals surface area contributed by atoms with Gasteiger partial charge < -0.3 is 14.9 Å². The highest BCUT2D eigenvalue weighted by Crippen LogP contribution is 2.15. The summed E-state index contributed by atoms with van der Waals surface area (Å²) < 4.78 is 5.01. The minimum atomic E-state index is -1.95. The van der Waals surface area contributed by atoms with Gasteiger partial charge in [0.25, 0.3) is 5.97 Å². The van der Waals surface area contributed by atoms with Crippen LogP contribution >= 0.6 is 0 Å². The fourth-order valence-electron chi connectivity index (χ4n) is 1.12. The molecule has 0 aromatic heterocycles. The van der Waals surface area contributed by atoms with E-state index < -0.39 is 5.97 Å². The van der Waals surface area contributed by atoms with Crippen LogP contribution in [0, 0.1) is 5.92 Å². The quantitative estimate of drug-likeness (QED) is 0.624. The average molecular weight is 176 g/mol. The van der Waals surface area contributed by atoms with Crippen LogP contribution in [0.15, 0.2) is 0 Å². The van der Waals surface area contributed by atoms with Gasteiger partial charge in [-0.2, -0.15) is 0 Å². The van der Waals surface area contributed by atoms with E-state index in [4.69, 9.17) is 14.9 Å². The molecule has 0 saturated carbocycles. The third-order valence-electron chi connectivity index (χ3n) is 1.65. The normalized spacial score (nSPS) is 15.2. The topological polar surface area (TPSA) is 49.7 Å². The molecule has 0 aliphatic heterocycles. The van der Waals surface area contributed by atoms with E-state index in [1.54, 1.807) is 6.92 Å². The lowest BCUT2D eigenvalue weighted by Crippen LogP contribution is -2.35. The zero-order valence-corrected chi connectivity index (χ0v) is 8.37. The Hall–Kier alpha value is -0.120. The summed E-state index contributed by atoms with van der Waals surface area (Å²) >= 11 is 0. The predicted octanol–water partition coefficient (Wildman–Crippen LogP) is 1.49. The maximum absolute atomic E-state index is 9.14. The van der Waals surface area contributed by atoms with Crippen molar-refractivity contribution in [3.8, 4) is 0 Å². The first-order chi connectivity index (χ1) is 5.37. The van der Waals surface area contributed by atoms with Gasteiger partial charge in [0.2, 0.25) is 0 Å². The molecule has 0 aliphatic rings. The minimum absolute atomic E-state index is 0.111. The molecule has 74 valence electrons. The summed E-state index contributed by atoms with van der Waals surface area (Å²) in [5, 5.41) is 18.3. The van der Waals surface area contributed by atoms with Gasteiger partial charge >= 0.3 is 0 Å². The maximum Gasteiger partial charge on any atom is 0.277 e. The molecule has 1 atom stereocenters. The van der Waals surface area contributed by atoms with Crippen molar-refractivity contribution >= 4 is 0 Å². The highest BCUT2D eigenvalue weighted by molar-refractivity contribution is 4.57. The van der Waals surface area contributed by atoms with Gasteiger partial charge in [0.05, 0.1) is 6.10 Å². The van der Waals surface area contributed by atoms with Crippen LogP contribution in [-0.4, -0.2) is 22.3 Å². The second kappa shape index (κ2) is 4.80. The van der Waals surface area contributed by atoms with Gasteiger partial charge in [-0.05, 0) is 19.3 Å². The van der Waals surface area contributed by atoms with E-state index in [2.05, 4.69) is 13.8 Å². The fourth-order valence-corrected chi connectivity index (χ4v) is 1.12. The molecule has 0 aliphatic carbocycles. The lowest BCUT2D eigenvalue weighted by molar-refractivity contribution is -0.354. The summed E-state index contributed by atoms with van der Waals surface area (Å²) in [6.45, 7) is 7.66. The number of aliphatic hydroxyl groups is 2. The standard InChI is InChI=1S/C9H20O3/c1-5-9(10,11)12-8(4)6-7(2)3/h7-8,10-11H,5-6H2,1-4H3. The van der Waals surface area contributed by atoms with E-state index in [1.807, 2.05) is 6.92 Å². The first-order valence-electron chi connectivity index (χ1n) is 4.50. The largest absolute Gasteiger partial charge is 0.343 e. The van der Waals surface area contributed by atoms with Crippen LogP contribution in [0.25, 0.3) is 0 Å². The van der Waals surface area contributed by atoms with Gasteiger partial charge in [-0.3, -0.25) is 0 Å². The maximum atomic E-state index is 9.14. The molecule has 0 aromatic carbocycles. The van der Waals surface area contributed by atoms with Crippen molar-refractivity contribution in [3.05, 3.63) is 0 Å². The average Bonchev–Trinajstić information content (AvgIpc) is 1.84. The second-order valence-corrected chi connectivity index (χ2v) is 3.65. The third-order valence-corrected chi connectivity index (χ3v) is 1.65. The van der Waals surface area contributed by atoms with Crippen LogP contribution in [-0.2, 0) is 4.74 Å². The summed E-state index contributed by atoms with van der Waals surface area (Å²) in [6.07, 6.45) is 0.915. The van der Waals surface area contributed by atoms with Gasteiger partial charge in [-0.15, -0.1) is 0 Å². The molecule has 0 aromatic rings. The molecule has 2 N–H and O–H groups in total. The molecule has 0 amide bonds. The molecular weight excluding hydrogens is 156 g/mol. The number of rotatable bonds is 5. The first-order valence-corrected chi connectivity index (χ1v) is 4.50. The number of hydrogen-bond donors (Lipinski definition) is 2. The molecule has 0 fully saturated rings. The van der Waals surface area contributed by atoms with E-state index in [1.165, 1.54) is 0 Å². The molecule has 12 heavy (non-hydrogen) atoms. The highest BCUT2D eigenvalue weighted by Gasteiger charge is 2.24. The van der Waals surface area contributed by atoms with Gasteiger partial charge in [0.15, 0.2) is 0 Å². The lowest BCUT2D eigenvalue weighted by Gasteiger charge is -2.25.